The second-order valence-corrected chi connectivity index (χ2v) is 6.70. The summed E-state index contributed by atoms with van der Waals surface area (Å²) in [6.07, 6.45) is 2.23. The van der Waals surface area contributed by atoms with E-state index >= 15 is 0 Å². The maximum Gasteiger partial charge on any atom is 0.302 e. The number of para-hydroxylation sites is 1. The minimum Gasteiger partial charge on any atom is -0.488 e. The largest absolute Gasteiger partial charge is 0.488 e. The molecule has 136 valence electrons. The Morgan fingerprint density at radius 1 is 1.04 bits per heavy atom. The minimum absolute atomic E-state index is 0.166. The molecule has 1 atom stereocenters. The summed E-state index contributed by atoms with van der Waals surface area (Å²) in [4.78, 5) is 15.8. The van der Waals surface area contributed by atoms with Crippen molar-refractivity contribution in [1.82, 2.24) is 4.98 Å². The summed E-state index contributed by atoms with van der Waals surface area (Å²) < 4.78 is 10.8. The minimum atomic E-state index is -0.306. The first-order valence-corrected chi connectivity index (χ1v) is 9.06. The number of nitrogens with zero attached hydrogens (tertiary/aromatic N) is 1. The molecule has 0 saturated carbocycles. The van der Waals surface area contributed by atoms with Gasteiger partial charge in [0.15, 0.2) is 0 Å². The normalized spacial score (nSPS) is 15.3. The number of pyridine rings is 1. The first kappa shape index (κ1) is 17.3. The fourth-order valence-electron chi connectivity index (χ4n) is 3.62. The van der Waals surface area contributed by atoms with Crippen LogP contribution >= 0.6 is 0 Å². The Balaban J connectivity index is 1.67. The molecule has 4 heteroatoms. The van der Waals surface area contributed by atoms with Crippen LogP contribution in [-0.4, -0.2) is 24.2 Å². The van der Waals surface area contributed by atoms with Gasteiger partial charge in [0.05, 0.1) is 5.69 Å². The number of benzene rings is 2. The zero-order chi connectivity index (χ0) is 18.8. The van der Waals surface area contributed by atoms with E-state index in [1.54, 1.807) is 0 Å². The van der Waals surface area contributed by atoms with Gasteiger partial charge in [-0.3, -0.25) is 4.79 Å². The van der Waals surface area contributed by atoms with Crippen LogP contribution in [0.3, 0.4) is 0 Å². The van der Waals surface area contributed by atoms with Crippen molar-refractivity contribution in [3.05, 3.63) is 77.0 Å². The lowest BCUT2D eigenvalue weighted by molar-refractivity contribution is -0.141. The maximum atomic E-state index is 10.9. The number of fused-ring (bicyclic) bond motifs is 2. The second-order valence-electron chi connectivity index (χ2n) is 6.70. The first-order valence-electron chi connectivity index (χ1n) is 9.06. The standard InChI is InChI=1S/C23H21NO3/c1-15-14-18-6-3-4-8-19(18)22(15)20-11-10-17-7-5-9-21(23(17)24-20)27-13-12-26-16(2)25/h3-11,14,22H,12-13H2,1-2H3. The predicted molar refractivity (Wildman–Crippen MR) is 106 cm³/mol. The van der Waals surface area contributed by atoms with Gasteiger partial charge in [-0.15, -0.1) is 0 Å². The van der Waals surface area contributed by atoms with Crippen LogP contribution in [0.15, 0.2) is 60.2 Å². The van der Waals surface area contributed by atoms with Crippen LogP contribution < -0.4 is 4.74 Å². The average molecular weight is 359 g/mol. The van der Waals surface area contributed by atoms with E-state index < -0.39 is 0 Å². The molecule has 27 heavy (non-hydrogen) atoms. The van der Waals surface area contributed by atoms with E-state index in [1.807, 2.05) is 18.2 Å². The molecule has 0 N–H and O–H groups in total. The van der Waals surface area contributed by atoms with Crippen molar-refractivity contribution in [2.45, 2.75) is 19.8 Å². The Labute approximate surface area is 158 Å². The molecule has 1 heterocycles. The summed E-state index contributed by atoms with van der Waals surface area (Å²) in [5.74, 6) is 0.563. The molecule has 1 aromatic heterocycles. The second kappa shape index (κ2) is 7.23. The predicted octanol–water partition coefficient (Wildman–Crippen LogP) is 4.73. The van der Waals surface area contributed by atoms with E-state index in [0.29, 0.717) is 12.4 Å². The van der Waals surface area contributed by atoms with Crippen LogP contribution in [0.1, 0.15) is 36.6 Å². The zero-order valence-electron chi connectivity index (χ0n) is 15.4. The van der Waals surface area contributed by atoms with Crippen molar-refractivity contribution >= 4 is 22.9 Å². The Morgan fingerprint density at radius 3 is 2.74 bits per heavy atom. The summed E-state index contributed by atoms with van der Waals surface area (Å²) >= 11 is 0. The van der Waals surface area contributed by atoms with Crippen molar-refractivity contribution in [2.75, 3.05) is 13.2 Å². The summed E-state index contributed by atoms with van der Waals surface area (Å²) in [6, 6.07) is 18.5. The number of hydrogen-bond acceptors (Lipinski definition) is 4. The highest BCUT2D eigenvalue weighted by Gasteiger charge is 2.25. The van der Waals surface area contributed by atoms with Gasteiger partial charge in [-0.25, -0.2) is 4.98 Å². The Bertz CT molecular complexity index is 1040. The molecule has 0 saturated heterocycles. The van der Waals surface area contributed by atoms with E-state index in [1.165, 1.54) is 23.6 Å². The summed E-state index contributed by atoms with van der Waals surface area (Å²) in [5.41, 5.74) is 5.67. The van der Waals surface area contributed by atoms with Gasteiger partial charge < -0.3 is 9.47 Å². The third-order valence-corrected chi connectivity index (χ3v) is 4.79. The molecule has 0 amide bonds. The van der Waals surface area contributed by atoms with Crippen molar-refractivity contribution in [3.8, 4) is 5.75 Å². The highest BCUT2D eigenvalue weighted by Crippen LogP contribution is 2.40. The van der Waals surface area contributed by atoms with Crippen LogP contribution in [0.2, 0.25) is 0 Å². The van der Waals surface area contributed by atoms with Gasteiger partial charge in [0, 0.05) is 18.2 Å². The maximum absolute atomic E-state index is 10.9. The van der Waals surface area contributed by atoms with E-state index in [0.717, 1.165) is 16.6 Å². The van der Waals surface area contributed by atoms with Crippen LogP contribution in [0.25, 0.3) is 17.0 Å². The molecule has 1 unspecified atom stereocenters. The molecule has 4 nitrogen and oxygen atoms in total. The number of esters is 1. The van der Waals surface area contributed by atoms with Crippen molar-refractivity contribution in [2.24, 2.45) is 0 Å². The van der Waals surface area contributed by atoms with Gasteiger partial charge in [-0.05, 0) is 30.2 Å². The molecular weight excluding hydrogens is 338 g/mol. The number of ether oxygens (including phenoxy) is 2. The number of allylic oxidation sites excluding steroid dienone is 1. The third kappa shape index (κ3) is 3.43. The summed E-state index contributed by atoms with van der Waals surface area (Å²) in [6.45, 7) is 4.07. The fourth-order valence-corrected chi connectivity index (χ4v) is 3.62. The lowest BCUT2D eigenvalue weighted by atomic mass is 9.92. The van der Waals surface area contributed by atoms with Gasteiger partial charge in [0.2, 0.25) is 0 Å². The molecule has 0 bridgehead atoms. The van der Waals surface area contributed by atoms with Gasteiger partial charge >= 0.3 is 5.97 Å². The molecule has 1 aliphatic carbocycles. The summed E-state index contributed by atoms with van der Waals surface area (Å²) in [5, 5.41) is 1.02. The van der Waals surface area contributed by atoms with Crippen LogP contribution in [0.4, 0.5) is 0 Å². The third-order valence-electron chi connectivity index (χ3n) is 4.79. The number of rotatable bonds is 5. The van der Waals surface area contributed by atoms with Crippen LogP contribution in [-0.2, 0) is 9.53 Å². The van der Waals surface area contributed by atoms with E-state index in [9.17, 15) is 4.79 Å². The fraction of sp³-hybridized carbons (Fsp3) is 0.217. The molecule has 0 radical (unpaired) electrons. The van der Waals surface area contributed by atoms with Gasteiger partial charge in [0.1, 0.15) is 24.5 Å². The van der Waals surface area contributed by atoms with E-state index in [-0.39, 0.29) is 18.5 Å². The Hall–Kier alpha value is -3.14. The molecule has 4 rings (SSSR count). The smallest absolute Gasteiger partial charge is 0.302 e. The highest BCUT2D eigenvalue weighted by molar-refractivity contribution is 5.85. The quantitative estimate of drug-likeness (QED) is 0.488. The highest BCUT2D eigenvalue weighted by atomic mass is 16.6. The molecule has 3 aromatic rings. The van der Waals surface area contributed by atoms with E-state index in [4.69, 9.17) is 14.5 Å². The number of aromatic nitrogens is 1. The SMILES string of the molecule is CC(=O)OCCOc1cccc2ccc(C3C(C)=Cc4ccccc43)nc12. The Kier molecular flexibility index (Phi) is 4.63. The molecule has 1 aliphatic rings. The number of carbonyl (C=O) groups excluding carboxylic acids is 1. The summed E-state index contributed by atoms with van der Waals surface area (Å²) in [7, 11) is 0. The molecule has 0 fully saturated rings. The lowest BCUT2D eigenvalue weighted by Crippen LogP contribution is -2.10. The first-order chi connectivity index (χ1) is 13.1. The van der Waals surface area contributed by atoms with Crippen molar-refractivity contribution in [3.63, 3.8) is 0 Å². The zero-order valence-corrected chi connectivity index (χ0v) is 15.4. The van der Waals surface area contributed by atoms with Gasteiger partial charge in [-0.2, -0.15) is 0 Å². The number of hydrogen-bond donors (Lipinski definition) is 0. The lowest BCUT2D eigenvalue weighted by Gasteiger charge is -2.16. The molecule has 0 aliphatic heterocycles. The van der Waals surface area contributed by atoms with Crippen molar-refractivity contribution in [1.29, 1.82) is 0 Å². The van der Waals surface area contributed by atoms with Crippen molar-refractivity contribution < 1.29 is 14.3 Å². The van der Waals surface area contributed by atoms with Gasteiger partial charge in [0.25, 0.3) is 0 Å². The molecule has 2 aromatic carbocycles. The monoisotopic (exact) mass is 359 g/mol. The average Bonchev–Trinajstić information content (AvgIpc) is 3.00. The Morgan fingerprint density at radius 2 is 1.89 bits per heavy atom. The van der Waals surface area contributed by atoms with Gasteiger partial charge in [-0.1, -0.05) is 54.1 Å². The van der Waals surface area contributed by atoms with Crippen LogP contribution in [0, 0.1) is 0 Å². The van der Waals surface area contributed by atoms with E-state index in [2.05, 4.69) is 49.4 Å². The number of carbonyl (C=O) groups is 1. The topological polar surface area (TPSA) is 48.4 Å². The molecular formula is C23H21NO3. The van der Waals surface area contributed by atoms with Crippen LogP contribution in [0.5, 0.6) is 5.75 Å². The molecule has 0 spiro atoms.